The third-order valence-electron chi connectivity index (χ3n) is 3.49. The highest BCUT2D eigenvalue weighted by Crippen LogP contribution is 2.15. The van der Waals surface area contributed by atoms with Crippen LogP contribution in [0.1, 0.15) is 27.8 Å². The second-order valence-electron chi connectivity index (χ2n) is 5.33. The van der Waals surface area contributed by atoms with E-state index in [1.807, 2.05) is 17.9 Å². The predicted molar refractivity (Wildman–Crippen MR) is 79.3 cm³/mol. The average molecular weight is 257 g/mol. The zero-order chi connectivity index (χ0) is 13.8. The van der Waals surface area contributed by atoms with E-state index in [0.29, 0.717) is 0 Å². The summed E-state index contributed by atoms with van der Waals surface area (Å²) >= 11 is 0. The van der Waals surface area contributed by atoms with Gasteiger partial charge in [0, 0.05) is 19.8 Å². The van der Waals surface area contributed by atoms with Gasteiger partial charge in [-0.05, 0) is 56.0 Å². The van der Waals surface area contributed by atoms with Crippen molar-refractivity contribution in [2.75, 3.05) is 6.54 Å². The lowest BCUT2D eigenvalue weighted by Gasteiger charge is -2.12. The lowest BCUT2D eigenvalue weighted by atomic mass is 10.00. The predicted octanol–water partition coefficient (Wildman–Crippen LogP) is 2.68. The number of benzene rings is 1. The maximum absolute atomic E-state index is 4.18. The Labute approximate surface area is 115 Å². The minimum absolute atomic E-state index is 0.943. The number of hydrogen-bond acceptors (Lipinski definition) is 2. The van der Waals surface area contributed by atoms with E-state index in [2.05, 4.69) is 49.5 Å². The van der Waals surface area contributed by atoms with Gasteiger partial charge in [0.05, 0.1) is 6.20 Å². The third-order valence-corrected chi connectivity index (χ3v) is 3.49. The summed E-state index contributed by atoms with van der Waals surface area (Å²) in [4.78, 5) is 0. The van der Waals surface area contributed by atoms with Gasteiger partial charge in [0.25, 0.3) is 0 Å². The number of aryl methyl sites for hydroxylation is 4. The molecule has 2 rings (SSSR count). The summed E-state index contributed by atoms with van der Waals surface area (Å²) in [6.45, 7) is 8.46. The average Bonchev–Trinajstić information content (AvgIpc) is 2.73. The molecule has 1 aromatic carbocycles. The molecule has 0 atom stereocenters. The Kier molecular flexibility index (Phi) is 4.38. The second kappa shape index (κ2) is 6.02. The molecule has 1 N–H and O–H groups in total. The maximum Gasteiger partial charge on any atom is 0.0522 e. The molecular weight excluding hydrogens is 234 g/mol. The fourth-order valence-corrected chi connectivity index (χ4v) is 2.54. The molecule has 0 fully saturated rings. The summed E-state index contributed by atoms with van der Waals surface area (Å²) in [5.41, 5.74) is 6.82. The van der Waals surface area contributed by atoms with Crippen LogP contribution in [0.4, 0.5) is 0 Å². The van der Waals surface area contributed by atoms with Gasteiger partial charge >= 0.3 is 0 Å². The van der Waals surface area contributed by atoms with Gasteiger partial charge in [-0.15, -0.1) is 0 Å². The zero-order valence-corrected chi connectivity index (χ0v) is 12.3. The summed E-state index contributed by atoms with van der Waals surface area (Å²) in [5.74, 6) is 0. The van der Waals surface area contributed by atoms with E-state index in [4.69, 9.17) is 0 Å². The molecule has 0 spiro atoms. The van der Waals surface area contributed by atoms with Crippen molar-refractivity contribution < 1.29 is 0 Å². The molecule has 1 heterocycles. The number of nitrogens with one attached hydrogen (secondary N) is 1. The van der Waals surface area contributed by atoms with Crippen molar-refractivity contribution in [3.05, 3.63) is 52.3 Å². The molecule has 0 aliphatic heterocycles. The minimum Gasteiger partial charge on any atom is -0.312 e. The van der Waals surface area contributed by atoms with Crippen LogP contribution in [-0.4, -0.2) is 16.3 Å². The highest BCUT2D eigenvalue weighted by molar-refractivity contribution is 5.37. The lowest BCUT2D eigenvalue weighted by Crippen LogP contribution is -2.18. The van der Waals surface area contributed by atoms with Crippen LogP contribution in [0.5, 0.6) is 0 Å². The van der Waals surface area contributed by atoms with Gasteiger partial charge in [0.1, 0.15) is 0 Å². The van der Waals surface area contributed by atoms with Crippen LogP contribution in [0.2, 0.25) is 0 Å². The Morgan fingerprint density at radius 1 is 1.16 bits per heavy atom. The molecule has 19 heavy (non-hydrogen) atoms. The molecular formula is C16H23N3. The van der Waals surface area contributed by atoms with Crippen molar-refractivity contribution >= 4 is 0 Å². The molecule has 0 amide bonds. The highest BCUT2D eigenvalue weighted by atomic mass is 15.2. The van der Waals surface area contributed by atoms with Gasteiger partial charge < -0.3 is 5.32 Å². The lowest BCUT2D eigenvalue weighted by molar-refractivity contribution is 0.681. The molecule has 0 bridgehead atoms. The second-order valence-corrected chi connectivity index (χ2v) is 5.33. The SMILES string of the molecule is Cc1cc(C)c(CNCCc2cnn(C)c2)c(C)c1. The fourth-order valence-electron chi connectivity index (χ4n) is 2.54. The van der Waals surface area contributed by atoms with Crippen molar-refractivity contribution in [3.8, 4) is 0 Å². The zero-order valence-electron chi connectivity index (χ0n) is 12.3. The largest absolute Gasteiger partial charge is 0.312 e. The number of nitrogens with zero attached hydrogens (tertiary/aromatic N) is 2. The molecule has 1 aromatic heterocycles. The van der Waals surface area contributed by atoms with Gasteiger partial charge in [-0.25, -0.2) is 0 Å². The van der Waals surface area contributed by atoms with Gasteiger partial charge in [0.15, 0.2) is 0 Å². The third kappa shape index (κ3) is 3.67. The Bertz CT molecular complexity index is 532. The van der Waals surface area contributed by atoms with Crippen LogP contribution in [0.3, 0.4) is 0 Å². The van der Waals surface area contributed by atoms with E-state index in [1.54, 1.807) is 0 Å². The first kappa shape index (κ1) is 13.8. The molecule has 0 aliphatic rings. The highest BCUT2D eigenvalue weighted by Gasteiger charge is 2.03. The Hall–Kier alpha value is -1.61. The first-order valence-electron chi connectivity index (χ1n) is 6.81. The maximum atomic E-state index is 4.18. The van der Waals surface area contributed by atoms with Gasteiger partial charge in [-0.2, -0.15) is 5.10 Å². The summed E-state index contributed by atoms with van der Waals surface area (Å²) in [5, 5.41) is 7.70. The van der Waals surface area contributed by atoms with E-state index < -0.39 is 0 Å². The Morgan fingerprint density at radius 3 is 2.42 bits per heavy atom. The number of hydrogen-bond donors (Lipinski definition) is 1. The molecule has 0 saturated carbocycles. The summed E-state index contributed by atoms with van der Waals surface area (Å²) < 4.78 is 1.85. The molecule has 0 aliphatic carbocycles. The molecule has 0 radical (unpaired) electrons. The van der Waals surface area contributed by atoms with Crippen molar-refractivity contribution in [2.45, 2.75) is 33.7 Å². The van der Waals surface area contributed by atoms with Crippen molar-refractivity contribution in [1.29, 1.82) is 0 Å². The van der Waals surface area contributed by atoms with E-state index >= 15 is 0 Å². The summed E-state index contributed by atoms with van der Waals surface area (Å²) in [6.07, 6.45) is 5.03. The number of rotatable bonds is 5. The van der Waals surface area contributed by atoms with Crippen molar-refractivity contribution in [2.24, 2.45) is 7.05 Å². The normalized spacial score (nSPS) is 10.9. The Balaban J connectivity index is 1.86. The quantitative estimate of drug-likeness (QED) is 0.835. The molecule has 3 nitrogen and oxygen atoms in total. The van der Waals surface area contributed by atoms with E-state index in [-0.39, 0.29) is 0 Å². The van der Waals surface area contributed by atoms with Crippen LogP contribution >= 0.6 is 0 Å². The summed E-state index contributed by atoms with van der Waals surface area (Å²) in [6, 6.07) is 4.51. The van der Waals surface area contributed by atoms with Crippen LogP contribution in [0.25, 0.3) is 0 Å². The topological polar surface area (TPSA) is 29.9 Å². The van der Waals surface area contributed by atoms with E-state index in [0.717, 1.165) is 19.5 Å². The van der Waals surface area contributed by atoms with Crippen LogP contribution in [0, 0.1) is 20.8 Å². The van der Waals surface area contributed by atoms with Crippen LogP contribution < -0.4 is 5.32 Å². The van der Waals surface area contributed by atoms with Gasteiger partial charge in [-0.3, -0.25) is 4.68 Å². The first-order valence-corrected chi connectivity index (χ1v) is 6.81. The fraction of sp³-hybridized carbons (Fsp3) is 0.438. The molecule has 3 heteroatoms. The monoisotopic (exact) mass is 257 g/mol. The molecule has 2 aromatic rings. The van der Waals surface area contributed by atoms with Gasteiger partial charge in [-0.1, -0.05) is 17.7 Å². The smallest absolute Gasteiger partial charge is 0.0522 e. The van der Waals surface area contributed by atoms with E-state index in [1.165, 1.54) is 27.8 Å². The standard InChI is InChI=1S/C16H23N3/c1-12-7-13(2)16(14(3)8-12)10-17-6-5-15-9-18-19(4)11-15/h7-9,11,17H,5-6,10H2,1-4H3. The molecule has 0 saturated heterocycles. The first-order chi connectivity index (χ1) is 9.06. The van der Waals surface area contributed by atoms with E-state index in [9.17, 15) is 0 Å². The summed E-state index contributed by atoms with van der Waals surface area (Å²) in [7, 11) is 1.95. The van der Waals surface area contributed by atoms with Gasteiger partial charge in [0.2, 0.25) is 0 Å². The van der Waals surface area contributed by atoms with Crippen molar-refractivity contribution in [3.63, 3.8) is 0 Å². The molecule has 0 unspecified atom stereocenters. The Morgan fingerprint density at radius 2 is 1.84 bits per heavy atom. The van der Waals surface area contributed by atoms with Crippen molar-refractivity contribution in [1.82, 2.24) is 15.1 Å². The minimum atomic E-state index is 0.943. The van der Waals surface area contributed by atoms with Crippen LogP contribution in [0.15, 0.2) is 24.5 Å². The van der Waals surface area contributed by atoms with Crippen LogP contribution in [-0.2, 0) is 20.0 Å². The molecule has 102 valence electrons. The number of aromatic nitrogens is 2.